The van der Waals surface area contributed by atoms with Crippen LogP contribution in [0.4, 0.5) is 16.2 Å². The van der Waals surface area contributed by atoms with Gasteiger partial charge in [-0.15, -0.1) is 0 Å². The van der Waals surface area contributed by atoms with Crippen molar-refractivity contribution in [2.24, 2.45) is 0 Å². The Hall–Kier alpha value is -3.02. The van der Waals surface area contributed by atoms with E-state index in [-0.39, 0.29) is 11.9 Å². The molecule has 0 radical (unpaired) electrons. The fraction of sp³-hybridized carbons (Fsp3) is 0.222. The number of urea groups is 1. The van der Waals surface area contributed by atoms with Gasteiger partial charge in [-0.1, -0.05) is 18.2 Å². The van der Waals surface area contributed by atoms with Crippen molar-refractivity contribution in [1.82, 2.24) is 5.32 Å². The normalized spacial score (nSPS) is 9.96. The van der Waals surface area contributed by atoms with Gasteiger partial charge in [0.1, 0.15) is 5.75 Å². The van der Waals surface area contributed by atoms with E-state index < -0.39 is 0 Å². The lowest BCUT2D eigenvalue weighted by atomic mass is 10.1. The highest BCUT2D eigenvalue weighted by Crippen LogP contribution is 2.31. The standard InChI is InChI=1S/C18H21N3O3/c1-4-19-18(23)21-15-10-12(2)14(11-16(15)24-3)20-17(22)13-8-6-5-7-9-13/h5-11H,4H2,1-3H3,(H,20,22)(H2,19,21,23). The van der Waals surface area contributed by atoms with Crippen LogP contribution in [0.2, 0.25) is 0 Å². The van der Waals surface area contributed by atoms with E-state index >= 15 is 0 Å². The first-order valence-electron chi connectivity index (χ1n) is 7.65. The van der Waals surface area contributed by atoms with Gasteiger partial charge in [0, 0.05) is 23.9 Å². The molecule has 0 saturated carbocycles. The summed E-state index contributed by atoms with van der Waals surface area (Å²) in [6, 6.07) is 12.1. The predicted molar refractivity (Wildman–Crippen MR) is 94.8 cm³/mol. The Bertz CT molecular complexity index is 730. The minimum absolute atomic E-state index is 0.204. The van der Waals surface area contributed by atoms with Crippen molar-refractivity contribution in [2.75, 3.05) is 24.3 Å². The molecule has 0 atom stereocenters. The zero-order valence-corrected chi connectivity index (χ0v) is 14.0. The predicted octanol–water partition coefficient (Wildman–Crippen LogP) is 3.40. The number of nitrogens with one attached hydrogen (secondary N) is 3. The maximum atomic E-state index is 12.3. The first-order chi connectivity index (χ1) is 11.5. The highest BCUT2D eigenvalue weighted by atomic mass is 16.5. The Labute approximate surface area is 141 Å². The number of rotatable bonds is 5. The lowest BCUT2D eigenvalue weighted by Gasteiger charge is -2.15. The number of methoxy groups -OCH3 is 1. The van der Waals surface area contributed by atoms with Crippen molar-refractivity contribution in [1.29, 1.82) is 0 Å². The van der Waals surface area contributed by atoms with Gasteiger partial charge in [-0.3, -0.25) is 4.79 Å². The van der Waals surface area contributed by atoms with Crippen molar-refractivity contribution in [3.63, 3.8) is 0 Å². The van der Waals surface area contributed by atoms with Crippen LogP contribution in [0.25, 0.3) is 0 Å². The SMILES string of the molecule is CCNC(=O)Nc1cc(C)c(NC(=O)c2ccccc2)cc1OC. The van der Waals surface area contributed by atoms with Gasteiger partial charge < -0.3 is 20.7 Å². The highest BCUT2D eigenvalue weighted by Gasteiger charge is 2.13. The van der Waals surface area contributed by atoms with E-state index in [2.05, 4.69) is 16.0 Å². The van der Waals surface area contributed by atoms with Gasteiger partial charge in [0.15, 0.2) is 0 Å². The van der Waals surface area contributed by atoms with Crippen LogP contribution >= 0.6 is 0 Å². The third-order valence-corrected chi connectivity index (χ3v) is 3.42. The van der Waals surface area contributed by atoms with Crippen LogP contribution < -0.4 is 20.7 Å². The van der Waals surface area contributed by atoms with Crippen molar-refractivity contribution in [3.05, 3.63) is 53.6 Å². The largest absolute Gasteiger partial charge is 0.494 e. The van der Waals surface area contributed by atoms with E-state index in [1.165, 1.54) is 7.11 Å². The molecule has 0 unspecified atom stereocenters. The minimum atomic E-state index is -0.309. The highest BCUT2D eigenvalue weighted by molar-refractivity contribution is 6.05. The third kappa shape index (κ3) is 4.25. The number of amides is 3. The summed E-state index contributed by atoms with van der Waals surface area (Å²) in [5.41, 5.74) is 2.55. The smallest absolute Gasteiger partial charge is 0.319 e. The molecular weight excluding hydrogens is 306 g/mol. The van der Waals surface area contributed by atoms with E-state index in [1.807, 2.05) is 32.0 Å². The second-order valence-electron chi connectivity index (χ2n) is 5.17. The van der Waals surface area contributed by atoms with E-state index in [4.69, 9.17) is 4.74 Å². The Morgan fingerprint density at radius 2 is 1.75 bits per heavy atom. The molecule has 0 aliphatic rings. The summed E-state index contributed by atoms with van der Waals surface area (Å²) in [5, 5.41) is 8.25. The number of aryl methyl sites for hydroxylation is 1. The molecule has 0 aliphatic carbocycles. The molecule has 0 bridgehead atoms. The van der Waals surface area contributed by atoms with Crippen LogP contribution in [-0.2, 0) is 0 Å². The zero-order chi connectivity index (χ0) is 17.5. The van der Waals surface area contributed by atoms with E-state index in [9.17, 15) is 9.59 Å². The quantitative estimate of drug-likeness (QED) is 0.787. The van der Waals surface area contributed by atoms with Gasteiger partial charge in [-0.25, -0.2) is 4.79 Å². The number of ether oxygens (including phenoxy) is 1. The van der Waals surface area contributed by atoms with E-state index in [0.717, 1.165) is 5.56 Å². The zero-order valence-electron chi connectivity index (χ0n) is 14.0. The average molecular weight is 327 g/mol. The summed E-state index contributed by atoms with van der Waals surface area (Å²) in [7, 11) is 1.51. The Morgan fingerprint density at radius 1 is 1.04 bits per heavy atom. The number of hydrogen-bond acceptors (Lipinski definition) is 3. The van der Waals surface area contributed by atoms with Gasteiger partial charge in [-0.2, -0.15) is 0 Å². The number of hydrogen-bond donors (Lipinski definition) is 3. The Kier molecular flexibility index (Phi) is 5.78. The molecule has 0 aliphatic heterocycles. The second kappa shape index (κ2) is 8.01. The molecule has 2 rings (SSSR count). The van der Waals surface area contributed by atoms with Gasteiger partial charge in [0.2, 0.25) is 0 Å². The van der Waals surface area contributed by atoms with Crippen LogP contribution in [0.1, 0.15) is 22.8 Å². The molecule has 2 aromatic carbocycles. The lowest BCUT2D eigenvalue weighted by molar-refractivity contribution is 0.102. The number of carbonyl (C=O) groups is 2. The topological polar surface area (TPSA) is 79.5 Å². The number of carbonyl (C=O) groups excluding carboxylic acids is 2. The van der Waals surface area contributed by atoms with Crippen molar-refractivity contribution >= 4 is 23.3 Å². The van der Waals surface area contributed by atoms with E-state index in [0.29, 0.717) is 29.2 Å². The first kappa shape index (κ1) is 17.3. The van der Waals surface area contributed by atoms with Crippen molar-refractivity contribution in [2.45, 2.75) is 13.8 Å². The minimum Gasteiger partial charge on any atom is -0.494 e. The Balaban J connectivity index is 2.22. The molecule has 3 amide bonds. The van der Waals surface area contributed by atoms with E-state index in [1.54, 1.807) is 24.3 Å². The van der Waals surface area contributed by atoms with Gasteiger partial charge in [-0.05, 0) is 37.6 Å². The van der Waals surface area contributed by atoms with Crippen LogP contribution in [0.3, 0.4) is 0 Å². The number of anilines is 2. The van der Waals surface area contributed by atoms with Crippen LogP contribution in [0.5, 0.6) is 5.75 Å². The van der Waals surface area contributed by atoms with Crippen LogP contribution in [-0.4, -0.2) is 25.6 Å². The molecule has 0 aromatic heterocycles. The van der Waals surface area contributed by atoms with Crippen molar-refractivity contribution in [3.8, 4) is 5.75 Å². The molecule has 0 fully saturated rings. The molecule has 24 heavy (non-hydrogen) atoms. The molecular formula is C18H21N3O3. The molecule has 0 spiro atoms. The monoisotopic (exact) mass is 327 g/mol. The van der Waals surface area contributed by atoms with Crippen molar-refractivity contribution < 1.29 is 14.3 Å². The van der Waals surface area contributed by atoms with Gasteiger partial charge in [0.25, 0.3) is 5.91 Å². The summed E-state index contributed by atoms with van der Waals surface area (Å²) in [6.07, 6.45) is 0. The van der Waals surface area contributed by atoms with Gasteiger partial charge >= 0.3 is 6.03 Å². The second-order valence-corrected chi connectivity index (χ2v) is 5.17. The molecule has 126 valence electrons. The maximum absolute atomic E-state index is 12.3. The lowest BCUT2D eigenvalue weighted by Crippen LogP contribution is -2.28. The molecule has 6 heteroatoms. The fourth-order valence-corrected chi connectivity index (χ4v) is 2.20. The Morgan fingerprint density at radius 3 is 2.38 bits per heavy atom. The first-order valence-corrected chi connectivity index (χ1v) is 7.65. The summed E-state index contributed by atoms with van der Waals surface area (Å²) < 4.78 is 5.31. The third-order valence-electron chi connectivity index (χ3n) is 3.42. The molecule has 6 nitrogen and oxygen atoms in total. The summed E-state index contributed by atoms with van der Waals surface area (Å²) >= 11 is 0. The number of benzene rings is 2. The van der Waals surface area contributed by atoms with Gasteiger partial charge in [0.05, 0.1) is 12.8 Å². The summed E-state index contributed by atoms with van der Waals surface area (Å²) in [5.74, 6) is 0.264. The molecule has 0 saturated heterocycles. The molecule has 2 aromatic rings. The maximum Gasteiger partial charge on any atom is 0.319 e. The molecule has 3 N–H and O–H groups in total. The summed E-state index contributed by atoms with van der Waals surface area (Å²) in [4.78, 5) is 24.0. The molecule has 0 heterocycles. The summed E-state index contributed by atoms with van der Waals surface area (Å²) in [6.45, 7) is 4.21. The average Bonchev–Trinajstić information content (AvgIpc) is 2.58. The fourth-order valence-electron chi connectivity index (χ4n) is 2.20. The van der Waals surface area contributed by atoms with Crippen LogP contribution in [0, 0.1) is 6.92 Å². The van der Waals surface area contributed by atoms with Crippen LogP contribution in [0.15, 0.2) is 42.5 Å².